The lowest BCUT2D eigenvalue weighted by Crippen LogP contribution is -1.98. The SMILES string of the molecule is CC(=C=CCNc1ccc(OCc2ccccc2)cc1)c1ccc(OCc2ccccc2)cc1. The molecule has 170 valence electrons. The first-order valence-corrected chi connectivity index (χ1v) is 11.5. The molecule has 0 aliphatic rings. The highest BCUT2D eigenvalue weighted by molar-refractivity contribution is 5.63. The molecule has 4 aromatic carbocycles. The fourth-order valence-corrected chi connectivity index (χ4v) is 3.41. The zero-order valence-corrected chi connectivity index (χ0v) is 19.4. The maximum Gasteiger partial charge on any atom is 0.119 e. The van der Waals surface area contributed by atoms with Gasteiger partial charge >= 0.3 is 0 Å². The quantitative estimate of drug-likeness (QED) is 0.255. The van der Waals surface area contributed by atoms with Crippen molar-refractivity contribution in [3.05, 3.63) is 138 Å². The van der Waals surface area contributed by atoms with Gasteiger partial charge in [0.2, 0.25) is 0 Å². The Bertz CT molecular complexity index is 1210. The second kappa shape index (κ2) is 12.2. The van der Waals surface area contributed by atoms with Gasteiger partial charge in [0, 0.05) is 12.2 Å². The van der Waals surface area contributed by atoms with Crippen molar-refractivity contribution in [2.75, 3.05) is 11.9 Å². The molecule has 0 atom stereocenters. The second-order valence-corrected chi connectivity index (χ2v) is 7.95. The van der Waals surface area contributed by atoms with Crippen LogP contribution in [-0.4, -0.2) is 6.54 Å². The van der Waals surface area contributed by atoms with Crippen molar-refractivity contribution in [1.82, 2.24) is 0 Å². The van der Waals surface area contributed by atoms with Crippen LogP contribution in [0.5, 0.6) is 11.5 Å². The van der Waals surface area contributed by atoms with E-state index >= 15 is 0 Å². The van der Waals surface area contributed by atoms with E-state index in [1.165, 1.54) is 0 Å². The van der Waals surface area contributed by atoms with Crippen LogP contribution in [0.3, 0.4) is 0 Å². The standard InChI is InChI=1S/C31H29NO2/c1-25(28-14-18-30(19-15-28)33-23-26-10-4-2-5-11-26)9-8-22-32-29-16-20-31(21-17-29)34-24-27-12-6-3-7-13-27/h2-8,10-21,32H,22-24H2,1H3. The molecule has 0 radical (unpaired) electrons. The summed E-state index contributed by atoms with van der Waals surface area (Å²) in [6, 6.07) is 36.5. The molecule has 0 saturated carbocycles. The van der Waals surface area contributed by atoms with Crippen LogP contribution in [0.15, 0.2) is 121 Å². The number of benzene rings is 4. The number of ether oxygens (including phenoxy) is 2. The number of rotatable bonds is 10. The highest BCUT2D eigenvalue weighted by Gasteiger charge is 1.99. The maximum atomic E-state index is 5.86. The normalized spacial score (nSPS) is 10.1. The zero-order valence-electron chi connectivity index (χ0n) is 19.4. The monoisotopic (exact) mass is 447 g/mol. The van der Waals surface area contributed by atoms with E-state index in [2.05, 4.69) is 54.4 Å². The van der Waals surface area contributed by atoms with Crippen LogP contribution in [0.2, 0.25) is 0 Å². The van der Waals surface area contributed by atoms with Gasteiger partial charge in [0.1, 0.15) is 24.7 Å². The predicted molar refractivity (Wildman–Crippen MR) is 140 cm³/mol. The molecule has 3 nitrogen and oxygen atoms in total. The average Bonchev–Trinajstić information content (AvgIpc) is 2.91. The van der Waals surface area contributed by atoms with E-state index in [1.807, 2.05) is 78.9 Å². The van der Waals surface area contributed by atoms with Gasteiger partial charge in [0.15, 0.2) is 0 Å². The summed E-state index contributed by atoms with van der Waals surface area (Å²) in [7, 11) is 0. The van der Waals surface area contributed by atoms with Crippen LogP contribution in [0.1, 0.15) is 23.6 Å². The molecular weight excluding hydrogens is 418 g/mol. The molecule has 0 heterocycles. The minimum Gasteiger partial charge on any atom is -0.489 e. The van der Waals surface area contributed by atoms with Gasteiger partial charge in [-0.15, -0.1) is 5.73 Å². The molecule has 0 aliphatic carbocycles. The molecule has 0 saturated heterocycles. The lowest BCUT2D eigenvalue weighted by atomic mass is 10.1. The molecule has 0 unspecified atom stereocenters. The highest BCUT2D eigenvalue weighted by atomic mass is 16.5. The van der Waals surface area contributed by atoms with Crippen LogP contribution >= 0.6 is 0 Å². The molecule has 0 aliphatic heterocycles. The van der Waals surface area contributed by atoms with Crippen LogP contribution < -0.4 is 14.8 Å². The molecule has 3 heteroatoms. The molecule has 0 amide bonds. The van der Waals surface area contributed by atoms with E-state index in [4.69, 9.17) is 9.47 Å². The third-order valence-corrected chi connectivity index (χ3v) is 5.37. The molecule has 0 spiro atoms. The first kappa shape index (κ1) is 23.0. The van der Waals surface area contributed by atoms with Gasteiger partial charge in [-0.25, -0.2) is 0 Å². The second-order valence-electron chi connectivity index (χ2n) is 7.95. The van der Waals surface area contributed by atoms with Gasteiger partial charge in [0.05, 0.1) is 0 Å². The Morgan fingerprint density at radius 2 is 1.18 bits per heavy atom. The molecule has 34 heavy (non-hydrogen) atoms. The fourth-order valence-electron chi connectivity index (χ4n) is 3.41. The molecule has 4 rings (SSSR count). The summed E-state index contributed by atoms with van der Waals surface area (Å²) < 4.78 is 11.7. The smallest absolute Gasteiger partial charge is 0.119 e. The summed E-state index contributed by atoms with van der Waals surface area (Å²) in [4.78, 5) is 0. The van der Waals surface area contributed by atoms with Crippen LogP contribution in [0.4, 0.5) is 5.69 Å². The summed E-state index contributed by atoms with van der Waals surface area (Å²) >= 11 is 0. The Morgan fingerprint density at radius 3 is 1.71 bits per heavy atom. The van der Waals surface area contributed by atoms with Crippen molar-refractivity contribution in [3.63, 3.8) is 0 Å². The molecule has 1 N–H and O–H groups in total. The van der Waals surface area contributed by atoms with Crippen molar-refractivity contribution in [2.45, 2.75) is 20.1 Å². The largest absolute Gasteiger partial charge is 0.489 e. The van der Waals surface area contributed by atoms with E-state index in [1.54, 1.807) is 0 Å². The van der Waals surface area contributed by atoms with Gasteiger partial charge in [-0.05, 0) is 71.7 Å². The zero-order chi connectivity index (χ0) is 23.4. The van der Waals surface area contributed by atoms with E-state index in [0.29, 0.717) is 19.8 Å². The number of hydrogen-bond acceptors (Lipinski definition) is 3. The summed E-state index contributed by atoms with van der Waals surface area (Å²) in [6.07, 6.45) is 2.01. The van der Waals surface area contributed by atoms with Crippen molar-refractivity contribution in [2.24, 2.45) is 0 Å². The Morgan fingerprint density at radius 1 is 0.676 bits per heavy atom. The minimum atomic E-state index is 0.570. The summed E-state index contributed by atoms with van der Waals surface area (Å²) in [5.74, 6) is 1.72. The van der Waals surface area contributed by atoms with Gasteiger partial charge in [-0.2, -0.15) is 0 Å². The van der Waals surface area contributed by atoms with Crippen LogP contribution in [-0.2, 0) is 13.2 Å². The van der Waals surface area contributed by atoms with Crippen molar-refractivity contribution < 1.29 is 9.47 Å². The van der Waals surface area contributed by atoms with Gasteiger partial charge in [0.25, 0.3) is 0 Å². The van der Waals surface area contributed by atoms with Crippen molar-refractivity contribution >= 4 is 11.3 Å². The van der Waals surface area contributed by atoms with E-state index in [0.717, 1.165) is 39.4 Å². The van der Waals surface area contributed by atoms with Crippen LogP contribution in [0, 0.1) is 0 Å². The fraction of sp³-hybridized carbons (Fsp3) is 0.129. The third-order valence-electron chi connectivity index (χ3n) is 5.37. The van der Waals surface area contributed by atoms with E-state index in [-0.39, 0.29) is 0 Å². The van der Waals surface area contributed by atoms with Crippen LogP contribution in [0.25, 0.3) is 5.57 Å². The summed E-state index contributed by atoms with van der Waals surface area (Å²) in [5, 5.41) is 3.39. The Balaban J connectivity index is 1.23. The predicted octanol–water partition coefficient (Wildman–Crippen LogP) is 7.52. The molecule has 0 fully saturated rings. The highest BCUT2D eigenvalue weighted by Crippen LogP contribution is 2.19. The molecular formula is C31H29NO2. The minimum absolute atomic E-state index is 0.570. The molecule has 0 aromatic heterocycles. The van der Waals surface area contributed by atoms with Gasteiger partial charge in [-0.3, -0.25) is 0 Å². The van der Waals surface area contributed by atoms with Crippen molar-refractivity contribution in [3.8, 4) is 11.5 Å². The topological polar surface area (TPSA) is 30.5 Å². The first-order chi connectivity index (χ1) is 16.8. The van der Waals surface area contributed by atoms with Crippen molar-refractivity contribution in [1.29, 1.82) is 0 Å². The van der Waals surface area contributed by atoms with Gasteiger partial charge in [-0.1, -0.05) is 72.8 Å². The Kier molecular flexibility index (Phi) is 8.21. The maximum absolute atomic E-state index is 5.86. The van der Waals surface area contributed by atoms with Gasteiger partial charge < -0.3 is 14.8 Å². The number of nitrogens with one attached hydrogen (secondary N) is 1. The summed E-state index contributed by atoms with van der Waals surface area (Å²) in [6.45, 7) is 3.90. The third kappa shape index (κ3) is 7.16. The number of hydrogen-bond donors (Lipinski definition) is 1. The first-order valence-electron chi connectivity index (χ1n) is 11.5. The Labute approximate surface area is 202 Å². The lowest BCUT2D eigenvalue weighted by Gasteiger charge is -2.08. The average molecular weight is 448 g/mol. The molecule has 4 aromatic rings. The summed E-state index contributed by atoms with van der Waals surface area (Å²) in [5.41, 5.74) is 8.93. The molecule has 0 bridgehead atoms. The Hall–Kier alpha value is -4.20. The van der Waals surface area contributed by atoms with E-state index < -0.39 is 0 Å². The lowest BCUT2D eigenvalue weighted by molar-refractivity contribution is 0.306. The number of anilines is 1. The van der Waals surface area contributed by atoms with E-state index in [9.17, 15) is 0 Å².